The van der Waals surface area contributed by atoms with Crippen molar-refractivity contribution in [1.29, 1.82) is 0 Å². The van der Waals surface area contributed by atoms with E-state index in [1.54, 1.807) is 24.5 Å². The van der Waals surface area contributed by atoms with E-state index in [4.69, 9.17) is 0 Å². The van der Waals surface area contributed by atoms with Gasteiger partial charge in [-0.3, -0.25) is 0 Å². The minimum atomic E-state index is 0. The minimum absolute atomic E-state index is 0. The second-order valence-corrected chi connectivity index (χ2v) is 3.95. The first kappa shape index (κ1) is 17.5. The third kappa shape index (κ3) is 5.77. The zero-order chi connectivity index (χ0) is 12.1. The first-order valence-corrected chi connectivity index (χ1v) is 5.60. The predicted molar refractivity (Wildman–Crippen MR) is 61.2 cm³/mol. The summed E-state index contributed by atoms with van der Waals surface area (Å²) in [6.07, 6.45) is 8.18. The Balaban J connectivity index is 0.00000162. The van der Waals surface area contributed by atoms with Gasteiger partial charge in [-0.25, -0.2) is 9.13 Å². The summed E-state index contributed by atoms with van der Waals surface area (Å²) < 4.78 is 3.89. The Morgan fingerprint density at radius 2 is 1.21 bits per heavy atom. The molecule has 6 heteroatoms. The number of aromatic nitrogens is 2. The van der Waals surface area contributed by atoms with E-state index in [9.17, 15) is 10.2 Å². The second kappa shape index (κ2) is 8.56. The maximum Gasteiger partial charge on any atom is 0.210 e. The van der Waals surface area contributed by atoms with Crippen LogP contribution in [0.5, 0.6) is 11.5 Å². The fourth-order valence-electron chi connectivity index (χ4n) is 1.73. The predicted octanol–water partition coefficient (Wildman–Crippen LogP) is -5.23. The van der Waals surface area contributed by atoms with Gasteiger partial charge < -0.3 is 35.0 Å². The average Bonchev–Trinajstić information content (AvgIpc) is 2.29. The van der Waals surface area contributed by atoms with Gasteiger partial charge in [0.25, 0.3) is 0 Å². The number of aromatic hydroxyl groups is 2. The molecule has 2 aromatic rings. The van der Waals surface area contributed by atoms with Crippen LogP contribution >= 0.6 is 0 Å². The number of hydrogen-bond acceptors (Lipinski definition) is 2. The van der Waals surface area contributed by atoms with E-state index in [1.165, 1.54) is 0 Å². The Labute approximate surface area is 124 Å². The fourth-order valence-corrected chi connectivity index (χ4v) is 1.73. The molecule has 0 spiro atoms. The molecule has 0 aliphatic rings. The van der Waals surface area contributed by atoms with Crippen LogP contribution in [0.25, 0.3) is 0 Å². The van der Waals surface area contributed by atoms with E-state index < -0.39 is 0 Å². The third-order valence-electron chi connectivity index (χ3n) is 2.52. The highest BCUT2D eigenvalue weighted by molar-refractivity contribution is 5.10. The van der Waals surface area contributed by atoms with E-state index >= 15 is 0 Å². The van der Waals surface area contributed by atoms with Gasteiger partial charge in [0, 0.05) is 12.1 Å². The summed E-state index contributed by atoms with van der Waals surface area (Å²) >= 11 is 0. The van der Waals surface area contributed by atoms with Crippen LogP contribution in [-0.4, -0.2) is 10.2 Å². The van der Waals surface area contributed by atoms with Gasteiger partial charge in [-0.05, 0) is 12.1 Å². The molecule has 0 bridgehead atoms. The van der Waals surface area contributed by atoms with Gasteiger partial charge in [0.15, 0.2) is 37.0 Å². The van der Waals surface area contributed by atoms with Crippen LogP contribution in [0.3, 0.4) is 0 Å². The first-order chi connectivity index (χ1) is 8.24. The van der Waals surface area contributed by atoms with Gasteiger partial charge >= 0.3 is 0 Å². The number of rotatable bonds is 4. The molecule has 2 rings (SSSR count). The van der Waals surface area contributed by atoms with E-state index in [2.05, 4.69) is 0 Å². The molecule has 0 aromatic carbocycles. The van der Waals surface area contributed by atoms with Crippen LogP contribution in [0, 0.1) is 0 Å². The lowest BCUT2D eigenvalue weighted by atomic mass is 10.3. The maximum absolute atomic E-state index is 9.31. The molecule has 0 aliphatic carbocycles. The summed E-state index contributed by atoms with van der Waals surface area (Å²) in [7, 11) is 0. The Morgan fingerprint density at radius 3 is 1.58 bits per heavy atom. The zero-order valence-corrected chi connectivity index (χ0v) is 11.8. The van der Waals surface area contributed by atoms with Crippen LogP contribution in [0.15, 0.2) is 49.1 Å². The summed E-state index contributed by atoms with van der Waals surface area (Å²) in [6.45, 7) is 1.66. The fraction of sp³-hybridized carbons (Fsp3) is 0.231. The van der Waals surface area contributed by atoms with Crippen molar-refractivity contribution in [1.82, 2.24) is 0 Å². The molecule has 2 N–H and O–H groups in total. The SMILES string of the molecule is Oc1ccc[n+](CCC[n+]2cccc(O)c2)c1.[Cl-].[Cl-]. The van der Waals surface area contributed by atoms with Crippen LogP contribution < -0.4 is 33.9 Å². The molecule has 104 valence electrons. The van der Waals surface area contributed by atoms with Crippen LogP contribution in [0.2, 0.25) is 0 Å². The summed E-state index contributed by atoms with van der Waals surface area (Å²) in [4.78, 5) is 0. The van der Waals surface area contributed by atoms with Gasteiger partial charge in [-0.1, -0.05) is 0 Å². The van der Waals surface area contributed by atoms with Gasteiger partial charge in [0.05, 0.1) is 6.42 Å². The van der Waals surface area contributed by atoms with Crippen molar-refractivity contribution in [3.63, 3.8) is 0 Å². The van der Waals surface area contributed by atoms with Gasteiger partial charge in [0.2, 0.25) is 12.4 Å². The molecule has 0 saturated carbocycles. The van der Waals surface area contributed by atoms with E-state index in [1.807, 2.05) is 33.7 Å². The van der Waals surface area contributed by atoms with Crippen molar-refractivity contribution in [3.05, 3.63) is 49.1 Å². The number of hydrogen-bond donors (Lipinski definition) is 2. The second-order valence-electron chi connectivity index (χ2n) is 3.95. The monoisotopic (exact) mass is 302 g/mol. The maximum atomic E-state index is 9.31. The topological polar surface area (TPSA) is 48.2 Å². The van der Waals surface area contributed by atoms with Crippen molar-refractivity contribution in [3.8, 4) is 11.5 Å². The van der Waals surface area contributed by atoms with Crippen molar-refractivity contribution in [2.24, 2.45) is 0 Å². The number of nitrogens with zero attached hydrogens (tertiary/aromatic N) is 2. The zero-order valence-electron chi connectivity index (χ0n) is 10.3. The lowest BCUT2D eigenvalue weighted by molar-refractivity contribution is -0.727. The smallest absolute Gasteiger partial charge is 0.210 e. The average molecular weight is 303 g/mol. The quantitative estimate of drug-likeness (QED) is 0.555. The summed E-state index contributed by atoms with van der Waals surface area (Å²) in [5.41, 5.74) is 0. The Kier molecular flexibility index (Phi) is 7.87. The highest BCUT2D eigenvalue weighted by atomic mass is 35.5. The largest absolute Gasteiger partial charge is 1.00 e. The molecule has 0 unspecified atom stereocenters. The van der Waals surface area contributed by atoms with Crippen LogP contribution in [0.1, 0.15) is 6.42 Å². The van der Waals surface area contributed by atoms with Crippen molar-refractivity contribution < 1.29 is 44.2 Å². The lowest BCUT2D eigenvalue weighted by Crippen LogP contribution is -3.00. The molecule has 0 aliphatic heterocycles. The molecule has 0 saturated heterocycles. The van der Waals surface area contributed by atoms with Crippen LogP contribution in [0.4, 0.5) is 0 Å². The summed E-state index contributed by atoms with van der Waals surface area (Å²) in [5.74, 6) is 0.551. The highest BCUT2D eigenvalue weighted by Gasteiger charge is 2.05. The Morgan fingerprint density at radius 1 is 0.789 bits per heavy atom. The molecule has 4 nitrogen and oxygen atoms in total. The van der Waals surface area contributed by atoms with Crippen molar-refractivity contribution >= 4 is 0 Å². The summed E-state index contributed by atoms with van der Waals surface area (Å²) in [5, 5.41) is 18.6. The molecule has 2 aromatic heterocycles. The van der Waals surface area contributed by atoms with Crippen molar-refractivity contribution in [2.45, 2.75) is 19.5 Å². The summed E-state index contributed by atoms with van der Waals surface area (Å²) in [6, 6.07) is 6.94. The third-order valence-corrected chi connectivity index (χ3v) is 2.52. The molecule has 0 radical (unpaired) electrons. The Bertz CT molecular complexity index is 464. The van der Waals surface area contributed by atoms with E-state index in [0.717, 1.165) is 19.5 Å². The lowest BCUT2D eigenvalue weighted by Gasteiger charge is -1.97. The molecular weight excluding hydrogens is 287 g/mol. The Hall–Kier alpha value is -1.52. The normalized spacial score (nSPS) is 9.26. The highest BCUT2D eigenvalue weighted by Crippen LogP contribution is 2.01. The molecule has 2 heterocycles. The molecular formula is C13H16Cl2N2O2. The molecule has 0 amide bonds. The van der Waals surface area contributed by atoms with Gasteiger partial charge in [-0.15, -0.1) is 0 Å². The number of pyridine rings is 2. The minimum Gasteiger partial charge on any atom is -1.00 e. The van der Waals surface area contributed by atoms with E-state index in [0.29, 0.717) is 0 Å². The molecule has 0 atom stereocenters. The molecule has 0 fully saturated rings. The number of aryl methyl sites for hydroxylation is 2. The van der Waals surface area contributed by atoms with Gasteiger partial charge in [-0.2, -0.15) is 0 Å². The van der Waals surface area contributed by atoms with Crippen LogP contribution in [-0.2, 0) is 13.1 Å². The first-order valence-electron chi connectivity index (χ1n) is 5.60. The van der Waals surface area contributed by atoms with Crippen molar-refractivity contribution in [2.75, 3.05) is 0 Å². The standard InChI is InChI=1S/C13H14N2O2.2ClH/c16-12-4-1-6-14(10-12)8-3-9-15-7-2-5-13(17)11-15;;/h1-2,4-7,10-11H,3,8-9H2;2*1H. The van der Waals surface area contributed by atoms with E-state index in [-0.39, 0.29) is 36.3 Å². The molecule has 19 heavy (non-hydrogen) atoms. The number of halogens is 2. The van der Waals surface area contributed by atoms with Gasteiger partial charge in [0.1, 0.15) is 0 Å².